The number of ether oxygens (including phenoxy) is 1. The molecule has 0 heterocycles. The van der Waals surface area contributed by atoms with E-state index < -0.39 is 7.75 Å². The van der Waals surface area contributed by atoms with Crippen molar-refractivity contribution >= 4 is 25.6 Å². The number of nitrogens with zero attached hydrogens (tertiary/aromatic N) is 1. The quantitative estimate of drug-likeness (QED) is 0.266. The SMILES string of the molecule is C=CC(=C)COc1c(C=NNP(=O)(O)O)cc(CC)c(Cl)c1CC. The summed E-state index contributed by atoms with van der Waals surface area (Å²) in [5.74, 6) is 0.513. The number of rotatable bonds is 9. The van der Waals surface area contributed by atoms with Crippen LogP contribution in [0.4, 0.5) is 0 Å². The Labute approximate surface area is 147 Å². The summed E-state index contributed by atoms with van der Waals surface area (Å²) >= 11 is 6.43. The molecule has 0 saturated heterocycles. The monoisotopic (exact) mass is 372 g/mol. The molecule has 0 bridgehead atoms. The van der Waals surface area contributed by atoms with Crippen molar-refractivity contribution in [3.63, 3.8) is 0 Å². The second-order valence-corrected chi connectivity index (χ2v) is 6.67. The minimum atomic E-state index is -4.44. The van der Waals surface area contributed by atoms with Crippen molar-refractivity contribution in [2.45, 2.75) is 26.7 Å². The Morgan fingerprint density at radius 2 is 2.12 bits per heavy atom. The number of hydrogen-bond donors (Lipinski definition) is 3. The molecule has 0 unspecified atom stereocenters. The molecule has 24 heavy (non-hydrogen) atoms. The average molecular weight is 373 g/mol. The predicted octanol–water partition coefficient (Wildman–Crippen LogP) is 3.60. The molecule has 0 aromatic heterocycles. The summed E-state index contributed by atoms with van der Waals surface area (Å²) in [6.45, 7) is 11.6. The second-order valence-electron chi connectivity index (χ2n) is 5.01. The third-order valence-electron chi connectivity index (χ3n) is 3.23. The van der Waals surface area contributed by atoms with Crippen LogP contribution in [0.5, 0.6) is 5.75 Å². The van der Waals surface area contributed by atoms with Crippen LogP contribution in [0, 0.1) is 0 Å². The Balaban J connectivity index is 3.32. The number of nitrogens with one attached hydrogen (secondary N) is 1. The molecule has 0 fully saturated rings. The summed E-state index contributed by atoms with van der Waals surface area (Å²) < 4.78 is 16.7. The van der Waals surface area contributed by atoms with E-state index in [9.17, 15) is 4.57 Å². The topological polar surface area (TPSA) is 91.2 Å². The highest BCUT2D eigenvalue weighted by Gasteiger charge is 2.16. The highest BCUT2D eigenvalue weighted by atomic mass is 35.5. The van der Waals surface area contributed by atoms with Crippen molar-refractivity contribution in [2.75, 3.05) is 6.61 Å². The fraction of sp³-hybridized carbons (Fsp3) is 0.312. The van der Waals surface area contributed by atoms with Gasteiger partial charge in [-0.2, -0.15) is 5.10 Å². The third kappa shape index (κ3) is 5.80. The fourth-order valence-corrected chi connectivity index (χ4v) is 2.64. The van der Waals surface area contributed by atoms with Crippen molar-refractivity contribution in [1.29, 1.82) is 0 Å². The van der Waals surface area contributed by atoms with Gasteiger partial charge < -0.3 is 14.5 Å². The van der Waals surface area contributed by atoms with E-state index in [1.807, 2.05) is 13.8 Å². The lowest BCUT2D eigenvalue weighted by Gasteiger charge is -2.17. The average Bonchev–Trinajstić information content (AvgIpc) is 2.52. The van der Waals surface area contributed by atoms with Crippen molar-refractivity contribution in [1.82, 2.24) is 5.20 Å². The summed E-state index contributed by atoms with van der Waals surface area (Å²) in [5.41, 5.74) is 2.99. The minimum absolute atomic E-state index is 0.227. The van der Waals surface area contributed by atoms with Gasteiger partial charge >= 0.3 is 7.75 Å². The molecule has 0 amide bonds. The molecule has 0 spiro atoms. The Bertz CT molecular complexity index is 698. The van der Waals surface area contributed by atoms with Crippen molar-refractivity contribution in [3.05, 3.63) is 52.6 Å². The van der Waals surface area contributed by atoms with Crippen LogP contribution < -0.4 is 9.93 Å². The summed E-state index contributed by atoms with van der Waals surface area (Å²) in [6.07, 6.45) is 4.24. The first-order valence-electron chi connectivity index (χ1n) is 7.36. The van der Waals surface area contributed by atoms with Crippen LogP contribution in [0.2, 0.25) is 5.02 Å². The summed E-state index contributed by atoms with van der Waals surface area (Å²) in [4.78, 5) is 17.7. The van der Waals surface area contributed by atoms with Crippen LogP contribution in [0.15, 0.2) is 36.0 Å². The Morgan fingerprint density at radius 1 is 1.46 bits per heavy atom. The number of hydrazone groups is 1. The van der Waals surface area contributed by atoms with E-state index in [0.717, 1.165) is 11.1 Å². The number of hydrogen-bond acceptors (Lipinski definition) is 3. The highest BCUT2D eigenvalue weighted by molar-refractivity contribution is 7.49. The van der Waals surface area contributed by atoms with Crippen LogP contribution in [0.3, 0.4) is 0 Å². The zero-order valence-electron chi connectivity index (χ0n) is 13.8. The first kappa shape index (κ1) is 20.5. The smallest absolute Gasteiger partial charge is 0.443 e. The van der Waals surface area contributed by atoms with Gasteiger partial charge in [-0.3, -0.25) is 0 Å². The molecule has 1 rings (SSSR count). The molecule has 1 aromatic carbocycles. The molecule has 8 heteroatoms. The standard InChI is InChI=1S/C16H22ClN2O4P/c1-5-11(4)10-23-16-13(9-18-19-24(20,21)22)8-12(6-2)15(17)14(16)7-3/h5,8-9H,1,4,6-7,10H2,2-3H3,(H3,19,20,21,22). The normalized spacial score (nSPS) is 11.5. The van der Waals surface area contributed by atoms with E-state index >= 15 is 0 Å². The van der Waals surface area contributed by atoms with E-state index in [0.29, 0.717) is 34.8 Å². The lowest BCUT2D eigenvalue weighted by molar-refractivity contribution is 0.351. The molecule has 1 aromatic rings. The van der Waals surface area contributed by atoms with Crippen LogP contribution in [0.25, 0.3) is 0 Å². The molecule has 0 aliphatic heterocycles. The van der Waals surface area contributed by atoms with Crippen LogP contribution in [-0.4, -0.2) is 22.6 Å². The van der Waals surface area contributed by atoms with Gasteiger partial charge in [-0.15, -0.1) is 0 Å². The molecular formula is C16H22ClN2O4P. The van der Waals surface area contributed by atoms with Gasteiger partial charge in [0.15, 0.2) is 0 Å². The maximum absolute atomic E-state index is 10.9. The lowest BCUT2D eigenvalue weighted by Crippen LogP contribution is -2.07. The summed E-state index contributed by atoms with van der Waals surface area (Å²) in [5, 5.41) is 6.00. The number of halogens is 1. The Kier molecular flexibility index (Phi) is 7.70. The van der Waals surface area contributed by atoms with Gasteiger partial charge in [0.05, 0.1) is 11.2 Å². The van der Waals surface area contributed by atoms with Gasteiger partial charge in [0.1, 0.15) is 12.4 Å². The molecule has 0 atom stereocenters. The van der Waals surface area contributed by atoms with E-state index in [1.54, 1.807) is 17.3 Å². The van der Waals surface area contributed by atoms with Crippen molar-refractivity contribution in [2.24, 2.45) is 5.10 Å². The molecule has 0 aliphatic carbocycles. The first-order chi connectivity index (χ1) is 11.2. The molecule has 132 valence electrons. The zero-order valence-corrected chi connectivity index (χ0v) is 15.4. The Hall–Kier alpha value is -1.59. The number of aryl methyl sites for hydroxylation is 1. The predicted molar refractivity (Wildman–Crippen MR) is 97.8 cm³/mol. The second kappa shape index (κ2) is 9.04. The molecule has 0 aliphatic rings. The summed E-state index contributed by atoms with van der Waals surface area (Å²) in [6, 6.07) is 1.79. The lowest BCUT2D eigenvalue weighted by atomic mass is 10.0. The van der Waals surface area contributed by atoms with Gasteiger partial charge in [0.2, 0.25) is 0 Å². The van der Waals surface area contributed by atoms with Gasteiger partial charge in [-0.05, 0) is 30.0 Å². The van der Waals surface area contributed by atoms with E-state index in [1.165, 1.54) is 6.21 Å². The highest BCUT2D eigenvalue weighted by Crippen LogP contribution is 2.34. The number of benzene rings is 1. The van der Waals surface area contributed by atoms with Crippen LogP contribution in [-0.2, 0) is 17.4 Å². The molecule has 6 nitrogen and oxygen atoms in total. The maximum Gasteiger partial charge on any atom is 0.443 e. The van der Waals surface area contributed by atoms with Crippen LogP contribution >= 0.6 is 19.3 Å². The molecular weight excluding hydrogens is 351 g/mol. The van der Waals surface area contributed by atoms with Crippen LogP contribution in [0.1, 0.15) is 30.5 Å². The van der Waals surface area contributed by atoms with Gasteiger partial charge in [-0.25, -0.2) is 9.76 Å². The molecule has 3 N–H and O–H groups in total. The van der Waals surface area contributed by atoms with Gasteiger partial charge in [0.25, 0.3) is 0 Å². The van der Waals surface area contributed by atoms with Gasteiger partial charge in [-0.1, -0.05) is 44.7 Å². The Morgan fingerprint density at radius 3 is 2.62 bits per heavy atom. The first-order valence-corrected chi connectivity index (χ1v) is 9.35. The van der Waals surface area contributed by atoms with Crippen molar-refractivity contribution in [3.8, 4) is 5.75 Å². The largest absolute Gasteiger partial charge is 0.488 e. The fourth-order valence-electron chi connectivity index (χ4n) is 2.02. The minimum Gasteiger partial charge on any atom is -0.488 e. The van der Waals surface area contributed by atoms with E-state index in [-0.39, 0.29) is 6.61 Å². The third-order valence-corrected chi connectivity index (χ3v) is 4.08. The van der Waals surface area contributed by atoms with Gasteiger partial charge in [0, 0.05) is 11.1 Å². The van der Waals surface area contributed by atoms with E-state index in [4.69, 9.17) is 26.1 Å². The van der Waals surface area contributed by atoms with E-state index in [2.05, 4.69) is 18.3 Å². The summed E-state index contributed by atoms with van der Waals surface area (Å²) in [7, 11) is -4.44. The molecule has 0 saturated carbocycles. The maximum atomic E-state index is 10.9. The zero-order chi connectivity index (χ0) is 18.3. The molecule has 0 radical (unpaired) electrons. The van der Waals surface area contributed by atoms with Crippen molar-refractivity contribution < 1.29 is 19.1 Å².